The van der Waals surface area contributed by atoms with E-state index in [2.05, 4.69) is 19.2 Å². The van der Waals surface area contributed by atoms with E-state index in [0.29, 0.717) is 11.8 Å². The van der Waals surface area contributed by atoms with E-state index in [1.807, 2.05) is 37.3 Å². The van der Waals surface area contributed by atoms with Gasteiger partial charge in [0.15, 0.2) is 0 Å². The third-order valence-corrected chi connectivity index (χ3v) is 3.32. The van der Waals surface area contributed by atoms with Crippen LogP contribution >= 0.6 is 11.6 Å². The molecular weight excluding hydrogens is 234 g/mol. The molecule has 1 rings (SSSR count). The van der Waals surface area contributed by atoms with E-state index in [4.69, 9.17) is 11.6 Å². The predicted octanol–water partition coefficient (Wildman–Crippen LogP) is 3.17. The van der Waals surface area contributed by atoms with Crippen molar-refractivity contribution in [3.63, 3.8) is 0 Å². The van der Waals surface area contributed by atoms with Gasteiger partial charge in [-0.25, -0.2) is 0 Å². The molecule has 3 heteroatoms. The van der Waals surface area contributed by atoms with Gasteiger partial charge in [-0.1, -0.05) is 44.2 Å². The Kier molecular flexibility index (Phi) is 5.49. The average Bonchev–Trinajstić information content (AvgIpc) is 2.35. The van der Waals surface area contributed by atoms with Gasteiger partial charge in [0.05, 0.1) is 5.92 Å². The van der Waals surface area contributed by atoms with Crippen molar-refractivity contribution in [2.75, 3.05) is 5.88 Å². The lowest BCUT2D eigenvalue weighted by Gasteiger charge is -2.22. The summed E-state index contributed by atoms with van der Waals surface area (Å²) in [7, 11) is 0. The molecule has 0 saturated heterocycles. The highest BCUT2D eigenvalue weighted by molar-refractivity contribution is 6.18. The molecule has 0 fully saturated rings. The molecule has 2 nitrogen and oxygen atoms in total. The van der Waals surface area contributed by atoms with E-state index in [-0.39, 0.29) is 17.9 Å². The van der Waals surface area contributed by atoms with Crippen LogP contribution in [0.15, 0.2) is 30.3 Å². The van der Waals surface area contributed by atoms with Crippen LogP contribution in [0.4, 0.5) is 0 Å². The SMILES string of the molecule is CC(C(=O)NC(CCl)C(C)C)c1ccccc1. The molecule has 0 spiro atoms. The third kappa shape index (κ3) is 4.04. The molecule has 94 valence electrons. The molecule has 0 aliphatic rings. The highest BCUT2D eigenvalue weighted by Crippen LogP contribution is 2.15. The second kappa shape index (κ2) is 6.65. The summed E-state index contributed by atoms with van der Waals surface area (Å²) in [4.78, 5) is 12.0. The van der Waals surface area contributed by atoms with Gasteiger partial charge in [0.2, 0.25) is 5.91 Å². The molecule has 0 aromatic heterocycles. The van der Waals surface area contributed by atoms with Crippen molar-refractivity contribution in [2.45, 2.75) is 32.7 Å². The minimum Gasteiger partial charge on any atom is -0.351 e. The van der Waals surface area contributed by atoms with Gasteiger partial charge in [-0.15, -0.1) is 11.6 Å². The number of rotatable bonds is 5. The minimum absolute atomic E-state index is 0.0373. The summed E-state index contributed by atoms with van der Waals surface area (Å²) in [6.45, 7) is 6.03. The highest BCUT2D eigenvalue weighted by atomic mass is 35.5. The molecule has 17 heavy (non-hydrogen) atoms. The van der Waals surface area contributed by atoms with Gasteiger partial charge in [-0.2, -0.15) is 0 Å². The van der Waals surface area contributed by atoms with E-state index in [1.54, 1.807) is 0 Å². The average molecular weight is 254 g/mol. The zero-order valence-corrected chi connectivity index (χ0v) is 11.4. The van der Waals surface area contributed by atoms with Crippen LogP contribution in [0.5, 0.6) is 0 Å². The van der Waals surface area contributed by atoms with Crippen LogP contribution in [-0.4, -0.2) is 17.8 Å². The summed E-state index contributed by atoms with van der Waals surface area (Å²) in [5.74, 6) is 0.695. The molecule has 0 aliphatic heterocycles. The summed E-state index contributed by atoms with van der Waals surface area (Å²) < 4.78 is 0. The molecule has 1 aromatic rings. The maximum absolute atomic E-state index is 12.0. The molecule has 0 heterocycles. The molecule has 1 N–H and O–H groups in total. The standard InChI is InChI=1S/C14H20ClNO/c1-10(2)13(9-15)16-14(17)11(3)12-7-5-4-6-8-12/h4-8,10-11,13H,9H2,1-3H3,(H,16,17). The molecule has 2 unspecified atom stereocenters. The van der Waals surface area contributed by atoms with Crippen molar-refractivity contribution in [1.29, 1.82) is 0 Å². The topological polar surface area (TPSA) is 29.1 Å². The van der Waals surface area contributed by atoms with Gasteiger partial charge in [-0.3, -0.25) is 4.79 Å². The van der Waals surface area contributed by atoms with Crippen molar-refractivity contribution >= 4 is 17.5 Å². The number of halogens is 1. The van der Waals surface area contributed by atoms with Crippen LogP contribution in [-0.2, 0) is 4.79 Å². The number of amides is 1. The van der Waals surface area contributed by atoms with Crippen LogP contribution in [0.25, 0.3) is 0 Å². The monoisotopic (exact) mass is 253 g/mol. The van der Waals surface area contributed by atoms with Crippen LogP contribution < -0.4 is 5.32 Å². The first-order chi connectivity index (χ1) is 8.06. The zero-order valence-electron chi connectivity index (χ0n) is 10.6. The maximum atomic E-state index is 12.0. The summed E-state index contributed by atoms with van der Waals surface area (Å²) in [5, 5.41) is 2.99. The Balaban J connectivity index is 2.64. The van der Waals surface area contributed by atoms with E-state index in [0.717, 1.165) is 5.56 Å². The summed E-state index contributed by atoms with van der Waals surface area (Å²) in [6, 6.07) is 9.81. The Hall–Kier alpha value is -1.02. The minimum atomic E-state index is -0.138. The Morgan fingerprint density at radius 2 is 1.82 bits per heavy atom. The smallest absolute Gasteiger partial charge is 0.227 e. The summed E-state index contributed by atoms with van der Waals surface area (Å²) in [6.07, 6.45) is 0. The molecule has 0 bridgehead atoms. The fraction of sp³-hybridized carbons (Fsp3) is 0.500. The van der Waals surface area contributed by atoms with Gasteiger partial charge in [0.25, 0.3) is 0 Å². The van der Waals surface area contributed by atoms with Crippen molar-refractivity contribution in [3.8, 4) is 0 Å². The lowest BCUT2D eigenvalue weighted by molar-refractivity contribution is -0.123. The second-order valence-electron chi connectivity index (χ2n) is 4.65. The van der Waals surface area contributed by atoms with Crippen LogP contribution in [0.3, 0.4) is 0 Å². The first kappa shape index (κ1) is 14.0. The van der Waals surface area contributed by atoms with Gasteiger partial charge in [0, 0.05) is 11.9 Å². The Labute approximate surface area is 108 Å². The number of nitrogens with one attached hydrogen (secondary N) is 1. The van der Waals surface area contributed by atoms with Crippen LogP contribution in [0, 0.1) is 5.92 Å². The first-order valence-corrected chi connectivity index (χ1v) is 6.51. The fourth-order valence-corrected chi connectivity index (χ4v) is 2.02. The quantitative estimate of drug-likeness (QED) is 0.803. The number of hydrogen-bond donors (Lipinski definition) is 1. The number of hydrogen-bond acceptors (Lipinski definition) is 1. The third-order valence-electron chi connectivity index (χ3n) is 2.99. The lowest BCUT2D eigenvalue weighted by Crippen LogP contribution is -2.41. The van der Waals surface area contributed by atoms with E-state index in [9.17, 15) is 4.79 Å². The number of carbonyl (C=O) groups is 1. The van der Waals surface area contributed by atoms with Crippen molar-refractivity contribution in [1.82, 2.24) is 5.32 Å². The molecule has 2 atom stereocenters. The van der Waals surface area contributed by atoms with Crippen molar-refractivity contribution in [2.24, 2.45) is 5.92 Å². The molecule has 0 aliphatic carbocycles. The van der Waals surface area contributed by atoms with Crippen molar-refractivity contribution in [3.05, 3.63) is 35.9 Å². The normalized spacial score (nSPS) is 14.4. The molecule has 0 saturated carbocycles. The van der Waals surface area contributed by atoms with Gasteiger partial charge >= 0.3 is 0 Å². The van der Waals surface area contributed by atoms with E-state index in [1.165, 1.54) is 0 Å². The molecule has 0 radical (unpaired) electrons. The van der Waals surface area contributed by atoms with Gasteiger partial charge in [0.1, 0.15) is 0 Å². The second-order valence-corrected chi connectivity index (χ2v) is 4.95. The van der Waals surface area contributed by atoms with E-state index < -0.39 is 0 Å². The Morgan fingerprint density at radius 1 is 1.24 bits per heavy atom. The summed E-state index contributed by atoms with van der Waals surface area (Å²) >= 11 is 5.84. The number of alkyl halides is 1. The van der Waals surface area contributed by atoms with Gasteiger partial charge in [-0.05, 0) is 18.4 Å². The Morgan fingerprint density at radius 3 is 2.29 bits per heavy atom. The number of benzene rings is 1. The molecule has 1 aromatic carbocycles. The van der Waals surface area contributed by atoms with Crippen LogP contribution in [0.2, 0.25) is 0 Å². The molecular formula is C14H20ClNO. The zero-order chi connectivity index (χ0) is 12.8. The Bertz CT molecular complexity index is 350. The van der Waals surface area contributed by atoms with Crippen LogP contribution in [0.1, 0.15) is 32.3 Å². The summed E-state index contributed by atoms with van der Waals surface area (Å²) in [5.41, 5.74) is 1.03. The predicted molar refractivity (Wildman–Crippen MR) is 72.3 cm³/mol. The molecule has 1 amide bonds. The number of carbonyl (C=O) groups excluding carboxylic acids is 1. The fourth-order valence-electron chi connectivity index (χ4n) is 1.58. The maximum Gasteiger partial charge on any atom is 0.227 e. The first-order valence-electron chi connectivity index (χ1n) is 5.97. The highest BCUT2D eigenvalue weighted by Gasteiger charge is 2.20. The van der Waals surface area contributed by atoms with Crippen molar-refractivity contribution < 1.29 is 4.79 Å². The van der Waals surface area contributed by atoms with Gasteiger partial charge < -0.3 is 5.32 Å². The van der Waals surface area contributed by atoms with E-state index >= 15 is 0 Å². The largest absolute Gasteiger partial charge is 0.351 e. The lowest BCUT2D eigenvalue weighted by atomic mass is 9.99.